The summed E-state index contributed by atoms with van der Waals surface area (Å²) in [6, 6.07) is 8.33. The highest BCUT2D eigenvalue weighted by Crippen LogP contribution is 2.14. The molecule has 0 aliphatic rings. The Balaban J connectivity index is 2.02. The van der Waals surface area contributed by atoms with Crippen LogP contribution in [0.4, 0.5) is 15.8 Å². The van der Waals surface area contributed by atoms with Gasteiger partial charge in [-0.15, -0.1) is 0 Å². The van der Waals surface area contributed by atoms with Crippen molar-refractivity contribution in [2.45, 2.75) is 6.42 Å². The number of carbonyl (C=O) groups is 1. The van der Waals surface area contributed by atoms with Crippen molar-refractivity contribution in [3.05, 3.63) is 64.2 Å². The first-order chi connectivity index (χ1) is 9.54. The minimum absolute atomic E-state index is 0.0148. The number of pyridine rings is 1. The zero-order valence-electron chi connectivity index (χ0n) is 10.2. The first-order valence-corrected chi connectivity index (χ1v) is 5.69. The van der Waals surface area contributed by atoms with Gasteiger partial charge in [0, 0.05) is 12.1 Å². The third kappa shape index (κ3) is 3.58. The molecule has 0 atom stereocenters. The van der Waals surface area contributed by atoms with Gasteiger partial charge in [0.2, 0.25) is 11.9 Å². The Morgan fingerprint density at radius 2 is 2.15 bits per heavy atom. The van der Waals surface area contributed by atoms with Gasteiger partial charge in [-0.05, 0) is 17.7 Å². The van der Waals surface area contributed by atoms with Crippen molar-refractivity contribution in [1.29, 1.82) is 0 Å². The maximum atomic E-state index is 12.6. The Labute approximate surface area is 113 Å². The molecule has 1 N–H and O–H groups in total. The summed E-state index contributed by atoms with van der Waals surface area (Å²) in [7, 11) is 0. The van der Waals surface area contributed by atoms with Crippen LogP contribution in [-0.4, -0.2) is 15.8 Å². The third-order valence-corrected chi connectivity index (χ3v) is 2.50. The summed E-state index contributed by atoms with van der Waals surface area (Å²) in [5.41, 5.74) is 0.812. The highest BCUT2D eigenvalue weighted by atomic mass is 19.1. The lowest BCUT2D eigenvalue weighted by Gasteiger charge is -2.04. The molecule has 102 valence electrons. The lowest BCUT2D eigenvalue weighted by atomic mass is 10.1. The van der Waals surface area contributed by atoms with E-state index >= 15 is 0 Å². The fraction of sp³-hybridized carbons (Fsp3) is 0.0769. The predicted octanol–water partition coefficient (Wildman–Crippen LogP) is 2.31. The van der Waals surface area contributed by atoms with Gasteiger partial charge in [0.25, 0.3) is 5.69 Å². The minimum atomic E-state index is -0.637. The number of nitro benzene ring substituents is 1. The summed E-state index contributed by atoms with van der Waals surface area (Å²) in [6.45, 7) is 0. The van der Waals surface area contributed by atoms with E-state index in [-0.39, 0.29) is 18.0 Å². The molecule has 0 spiro atoms. The molecule has 6 nitrogen and oxygen atoms in total. The quantitative estimate of drug-likeness (QED) is 0.527. The zero-order valence-corrected chi connectivity index (χ0v) is 10.2. The van der Waals surface area contributed by atoms with E-state index in [1.807, 2.05) is 0 Å². The van der Waals surface area contributed by atoms with Crippen molar-refractivity contribution >= 4 is 17.3 Å². The van der Waals surface area contributed by atoms with Gasteiger partial charge in [-0.1, -0.05) is 12.1 Å². The standard InChI is InChI=1S/C13H10FN3O3/c14-12-5-4-10(8-15-12)16-13(18)7-9-2-1-3-11(6-9)17(19)20/h1-6,8H,7H2,(H,16,18). The zero-order chi connectivity index (χ0) is 14.5. The number of hydrogen-bond donors (Lipinski definition) is 1. The van der Waals surface area contributed by atoms with Crippen molar-refractivity contribution in [3.8, 4) is 0 Å². The molecular weight excluding hydrogens is 265 g/mol. The topological polar surface area (TPSA) is 85.1 Å². The van der Waals surface area contributed by atoms with E-state index in [0.717, 1.165) is 6.07 Å². The van der Waals surface area contributed by atoms with Gasteiger partial charge in [-0.25, -0.2) is 4.98 Å². The van der Waals surface area contributed by atoms with Crippen LogP contribution in [0.25, 0.3) is 0 Å². The summed E-state index contributed by atoms with van der Waals surface area (Å²) in [5, 5.41) is 13.2. The number of benzene rings is 1. The van der Waals surface area contributed by atoms with Crippen LogP contribution in [0.3, 0.4) is 0 Å². The van der Waals surface area contributed by atoms with Gasteiger partial charge in [0.05, 0.1) is 23.2 Å². The number of halogens is 1. The summed E-state index contributed by atoms with van der Waals surface area (Å²) in [6.07, 6.45) is 1.18. The number of rotatable bonds is 4. The number of hydrogen-bond acceptors (Lipinski definition) is 4. The highest BCUT2D eigenvalue weighted by molar-refractivity contribution is 5.92. The van der Waals surface area contributed by atoms with Crippen LogP contribution in [0, 0.1) is 16.1 Å². The molecule has 1 aromatic heterocycles. The summed E-state index contributed by atoms with van der Waals surface area (Å²) in [4.78, 5) is 25.3. The van der Waals surface area contributed by atoms with Gasteiger partial charge < -0.3 is 5.32 Å². The largest absolute Gasteiger partial charge is 0.324 e. The fourth-order valence-electron chi connectivity index (χ4n) is 1.62. The van der Waals surface area contributed by atoms with E-state index in [9.17, 15) is 19.3 Å². The summed E-state index contributed by atoms with van der Waals surface area (Å²) in [5.74, 6) is -0.999. The lowest BCUT2D eigenvalue weighted by Crippen LogP contribution is -2.14. The number of carbonyl (C=O) groups excluding carboxylic acids is 1. The molecule has 0 fully saturated rings. The van der Waals surface area contributed by atoms with E-state index in [1.54, 1.807) is 6.07 Å². The second kappa shape index (κ2) is 5.87. The summed E-state index contributed by atoms with van der Waals surface area (Å²) >= 11 is 0. The number of anilines is 1. The molecule has 7 heteroatoms. The van der Waals surface area contributed by atoms with Gasteiger partial charge >= 0.3 is 0 Å². The number of non-ortho nitro benzene ring substituents is 1. The molecule has 1 heterocycles. The van der Waals surface area contributed by atoms with Crippen LogP contribution < -0.4 is 5.32 Å². The normalized spacial score (nSPS) is 10.1. The Kier molecular flexibility index (Phi) is 3.99. The molecule has 0 unspecified atom stereocenters. The monoisotopic (exact) mass is 275 g/mol. The lowest BCUT2D eigenvalue weighted by molar-refractivity contribution is -0.384. The van der Waals surface area contributed by atoms with Gasteiger partial charge in [-0.3, -0.25) is 14.9 Å². The van der Waals surface area contributed by atoms with Crippen LogP contribution in [0.15, 0.2) is 42.6 Å². The predicted molar refractivity (Wildman–Crippen MR) is 69.6 cm³/mol. The summed E-state index contributed by atoms with van der Waals surface area (Å²) < 4.78 is 12.6. The van der Waals surface area contributed by atoms with Gasteiger partial charge in [0.1, 0.15) is 0 Å². The van der Waals surface area contributed by atoms with Crippen LogP contribution >= 0.6 is 0 Å². The SMILES string of the molecule is O=C(Cc1cccc([N+](=O)[O-])c1)Nc1ccc(F)nc1. The smallest absolute Gasteiger partial charge is 0.269 e. The van der Waals surface area contributed by atoms with Crippen molar-refractivity contribution in [2.75, 3.05) is 5.32 Å². The molecule has 2 rings (SSSR count). The van der Waals surface area contributed by atoms with Gasteiger partial charge in [0.15, 0.2) is 0 Å². The van der Waals surface area contributed by atoms with Crippen LogP contribution in [-0.2, 0) is 11.2 Å². The number of nitrogens with one attached hydrogen (secondary N) is 1. The van der Waals surface area contributed by atoms with E-state index in [2.05, 4.69) is 10.3 Å². The Morgan fingerprint density at radius 1 is 1.35 bits per heavy atom. The first kappa shape index (κ1) is 13.6. The maximum absolute atomic E-state index is 12.6. The van der Waals surface area contributed by atoms with Crippen LogP contribution in [0.1, 0.15) is 5.56 Å². The molecule has 0 radical (unpaired) electrons. The van der Waals surface area contributed by atoms with Crippen LogP contribution in [0.2, 0.25) is 0 Å². The third-order valence-electron chi connectivity index (χ3n) is 2.50. The van der Waals surface area contributed by atoms with E-state index < -0.39 is 10.9 Å². The molecule has 1 aromatic carbocycles. The molecule has 20 heavy (non-hydrogen) atoms. The minimum Gasteiger partial charge on any atom is -0.324 e. The Morgan fingerprint density at radius 3 is 2.80 bits per heavy atom. The Bertz CT molecular complexity index is 644. The number of nitrogens with zero attached hydrogens (tertiary/aromatic N) is 2. The van der Waals surface area contributed by atoms with E-state index in [1.165, 1.54) is 30.5 Å². The Hall–Kier alpha value is -2.83. The van der Waals surface area contributed by atoms with Crippen molar-refractivity contribution < 1.29 is 14.1 Å². The second-order valence-electron chi connectivity index (χ2n) is 4.02. The fourth-order valence-corrected chi connectivity index (χ4v) is 1.62. The average Bonchev–Trinajstić information content (AvgIpc) is 2.41. The molecule has 0 saturated heterocycles. The molecule has 2 aromatic rings. The van der Waals surface area contributed by atoms with Crippen molar-refractivity contribution in [1.82, 2.24) is 4.98 Å². The number of aromatic nitrogens is 1. The van der Waals surface area contributed by atoms with Crippen molar-refractivity contribution in [3.63, 3.8) is 0 Å². The molecule has 0 saturated carbocycles. The molecular formula is C13H10FN3O3. The maximum Gasteiger partial charge on any atom is 0.269 e. The average molecular weight is 275 g/mol. The van der Waals surface area contributed by atoms with E-state index in [4.69, 9.17) is 0 Å². The molecule has 0 aliphatic carbocycles. The molecule has 0 aliphatic heterocycles. The van der Waals surface area contributed by atoms with E-state index in [0.29, 0.717) is 11.3 Å². The van der Waals surface area contributed by atoms with Crippen LogP contribution in [0.5, 0.6) is 0 Å². The number of nitro groups is 1. The number of amides is 1. The first-order valence-electron chi connectivity index (χ1n) is 5.69. The molecule has 0 bridgehead atoms. The second-order valence-corrected chi connectivity index (χ2v) is 4.02. The molecule has 1 amide bonds. The highest BCUT2D eigenvalue weighted by Gasteiger charge is 2.09. The van der Waals surface area contributed by atoms with Gasteiger partial charge in [-0.2, -0.15) is 4.39 Å². The van der Waals surface area contributed by atoms with Crippen molar-refractivity contribution in [2.24, 2.45) is 0 Å².